The fraction of sp³-hybridized carbons (Fsp3) is 0.211. The molecule has 1 aromatic heterocycles. The molecule has 0 aliphatic carbocycles. The third-order valence-corrected chi connectivity index (χ3v) is 5.29. The highest BCUT2D eigenvalue weighted by atomic mass is 35.5. The van der Waals surface area contributed by atoms with Crippen molar-refractivity contribution in [2.24, 2.45) is 0 Å². The maximum Gasteiger partial charge on any atom is 0.315 e. The highest BCUT2D eigenvalue weighted by Gasteiger charge is 2.14. The third kappa shape index (κ3) is 4.51. The molecule has 0 saturated carbocycles. The van der Waals surface area contributed by atoms with Crippen molar-refractivity contribution in [3.8, 4) is 0 Å². The lowest BCUT2D eigenvalue weighted by Gasteiger charge is -2.15. The second-order valence-corrected chi connectivity index (χ2v) is 7.31. The molecule has 0 spiro atoms. The van der Waals surface area contributed by atoms with Crippen molar-refractivity contribution in [1.82, 2.24) is 10.6 Å². The molecule has 0 bridgehead atoms. The Kier molecular flexibility index (Phi) is 5.91. The molecular weight excluding hydrogens is 356 g/mol. The lowest BCUT2D eigenvalue weighted by atomic mass is 10.0. The second-order valence-electron chi connectivity index (χ2n) is 5.57. The smallest absolute Gasteiger partial charge is 0.315 e. The molecule has 0 aliphatic heterocycles. The molecule has 2 amide bonds. The molecule has 130 valence electrons. The van der Waals surface area contributed by atoms with Crippen LogP contribution < -0.4 is 10.6 Å². The van der Waals surface area contributed by atoms with Crippen LogP contribution in [0.4, 0.5) is 4.79 Å². The Balaban J connectivity index is 1.55. The number of amides is 2. The zero-order valence-corrected chi connectivity index (χ0v) is 15.4. The first-order valence-electron chi connectivity index (χ1n) is 7.93. The average Bonchev–Trinajstić information content (AvgIpc) is 3.06. The minimum atomic E-state index is -0.224. The number of hydrogen-bond donors (Lipinski definition) is 2. The van der Waals surface area contributed by atoms with Gasteiger partial charge in [-0.1, -0.05) is 54.1 Å². The molecule has 25 heavy (non-hydrogen) atoms. The molecule has 0 fully saturated rings. The molecule has 1 atom stereocenters. The number of hydrogen-bond acceptors (Lipinski definition) is 3. The number of halogens is 1. The van der Waals surface area contributed by atoms with E-state index in [2.05, 4.69) is 28.8 Å². The van der Waals surface area contributed by atoms with E-state index in [0.717, 1.165) is 21.2 Å². The van der Waals surface area contributed by atoms with E-state index in [4.69, 9.17) is 16.3 Å². The normalized spacial score (nSPS) is 12.1. The second kappa shape index (κ2) is 8.34. The van der Waals surface area contributed by atoms with E-state index >= 15 is 0 Å². The van der Waals surface area contributed by atoms with Gasteiger partial charge in [0.25, 0.3) is 0 Å². The standard InChI is InChI=1S/C19H19ClN2O2S/c1-24-16(17-9-10-18(20)25-17)12-22-19(23)21-11-14-7-4-6-13-5-2-3-8-15(13)14/h2-10,16H,11-12H2,1H3,(H2,21,22,23)/t16-/m1/s1. The van der Waals surface area contributed by atoms with Crippen LogP contribution >= 0.6 is 22.9 Å². The minimum Gasteiger partial charge on any atom is -0.374 e. The van der Waals surface area contributed by atoms with Gasteiger partial charge in [0.05, 0.1) is 10.9 Å². The van der Waals surface area contributed by atoms with E-state index in [0.29, 0.717) is 17.4 Å². The number of benzene rings is 2. The summed E-state index contributed by atoms with van der Waals surface area (Å²) in [5.74, 6) is 0. The summed E-state index contributed by atoms with van der Waals surface area (Å²) >= 11 is 7.41. The molecule has 4 nitrogen and oxygen atoms in total. The lowest BCUT2D eigenvalue weighted by molar-refractivity contribution is 0.107. The zero-order valence-electron chi connectivity index (χ0n) is 13.8. The number of methoxy groups -OCH3 is 1. The van der Waals surface area contributed by atoms with Crippen LogP contribution in [0.1, 0.15) is 16.5 Å². The maximum absolute atomic E-state index is 12.1. The summed E-state index contributed by atoms with van der Waals surface area (Å²) in [4.78, 5) is 13.1. The lowest BCUT2D eigenvalue weighted by Crippen LogP contribution is -2.37. The molecular formula is C19H19ClN2O2S. The van der Waals surface area contributed by atoms with Crippen LogP contribution in [0.25, 0.3) is 10.8 Å². The molecule has 0 aliphatic rings. The summed E-state index contributed by atoms with van der Waals surface area (Å²) in [5, 5.41) is 8.06. The first kappa shape index (κ1) is 17.7. The van der Waals surface area contributed by atoms with Crippen molar-refractivity contribution in [3.63, 3.8) is 0 Å². The van der Waals surface area contributed by atoms with E-state index in [1.54, 1.807) is 7.11 Å². The molecule has 6 heteroatoms. The average molecular weight is 375 g/mol. The number of fused-ring (bicyclic) bond motifs is 1. The van der Waals surface area contributed by atoms with Crippen molar-refractivity contribution >= 4 is 39.7 Å². The summed E-state index contributed by atoms with van der Waals surface area (Å²) in [5.41, 5.74) is 1.08. The number of carbonyl (C=O) groups excluding carboxylic acids is 1. The Morgan fingerprint density at radius 3 is 2.68 bits per heavy atom. The maximum atomic E-state index is 12.1. The monoisotopic (exact) mass is 374 g/mol. The minimum absolute atomic E-state index is 0.208. The predicted octanol–water partition coefficient (Wildman–Crippen LogP) is 4.74. The molecule has 3 aromatic rings. The molecule has 3 rings (SSSR count). The van der Waals surface area contributed by atoms with Gasteiger partial charge in [0, 0.05) is 18.5 Å². The summed E-state index contributed by atoms with van der Waals surface area (Å²) in [6.45, 7) is 0.852. The van der Waals surface area contributed by atoms with E-state index < -0.39 is 0 Å². The van der Waals surface area contributed by atoms with Crippen LogP contribution in [0.15, 0.2) is 54.6 Å². The van der Waals surface area contributed by atoms with E-state index in [1.165, 1.54) is 11.3 Å². The fourth-order valence-corrected chi connectivity index (χ4v) is 3.81. The third-order valence-electron chi connectivity index (χ3n) is 3.96. The van der Waals surface area contributed by atoms with Crippen LogP contribution in [0.2, 0.25) is 4.34 Å². The molecule has 0 radical (unpaired) electrons. The number of ether oxygens (including phenoxy) is 1. The highest BCUT2D eigenvalue weighted by molar-refractivity contribution is 7.16. The summed E-state index contributed by atoms with van der Waals surface area (Å²) in [6, 6.07) is 17.7. The number of urea groups is 1. The van der Waals surface area contributed by atoms with Gasteiger partial charge in [-0.3, -0.25) is 0 Å². The fourth-order valence-electron chi connectivity index (χ4n) is 2.67. The Hall–Kier alpha value is -2.08. The molecule has 2 aromatic carbocycles. The van der Waals surface area contributed by atoms with Gasteiger partial charge in [-0.25, -0.2) is 4.79 Å². The van der Waals surface area contributed by atoms with Gasteiger partial charge in [-0.2, -0.15) is 0 Å². The molecule has 1 heterocycles. The predicted molar refractivity (Wildman–Crippen MR) is 103 cm³/mol. The van der Waals surface area contributed by atoms with Gasteiger partial charge in [-0.15, -0.1) is 11.3 Å². The SMILES string of the molecule is CO[C@H](CNC(=O)NCc1cccc2ccccc12)c1ccc(Cl)s1. The highest BCUT2D eigenvalue weighted by Crippen LogP contribution is 2.28. The van der Waals surface area contributed by atoms with Crippen molar-refractivity contribution in [3.05, 3.63) is 69.4 Å². The Morgan fingerprint density at radius 2 is 1.92 bits per heavy atom. The number of rotatable bonds is 6. The topological polar surface area (TPSA) is 50.4 Å². The van der Waals surface area contributed by atoms with Gasteiger partial charge >= 0.3 is 6.03 Å². The van der Waals surface area contributed by atoms with E-state index in [-0.39, 0.29) is 12.1 Å². The number of carbonyl (C=O) groups is 1. The summed E-state index contributed by atoms with van der Waals surface area (Å²) in [7, 11) is 1.62. The van der Waals surface area contributed by atoms with Gasteiger partial charge < -0.3 is 15.4 Å². The largest absolute Gasteiger partial charge is 0.374 e. The Labute approximate surface area is 155 Å². The Morgan fingerprint density at radius 1 is 1.12 bits per heavy atom. The van der Waals surface area contributed by atoms with E-state index in [9.17, 15) is 4.79 Å². The van der Waals surface area contributed by atoms with Crippen LogP contribution in [-0.2, 0) is 11.3 Å². The first-order chi connectivity index (χ1) is 12.2. The van der Waals surface area contributed by atoms with Crippen LogP contribution in [0.5, 0.6) is 0 Å². The molecule has 2 N–H and O–H groups in total. The van der Waals surface area contributed by atoms with Crippen molar-refractivity contribution in [1.29, 1.82) is 0 Å². The summed E-state index contributed by atoms with van der Waals surface area (Å²) in [6.07, 6.45) is -0.208. The van der Waals surface area contributed by atoms with Crippen molar-refractivity contribution < 1.29 is 9.53 Å². The number of thiophene rings is 1. The van der Waals surface area contributed by atoms with Gasteiger partial charge in [0.15, 0.2) is 0 Å². The van der Waals surface area contributed by atoms with Crippen molar-refractivity contribution in [2.45, 2.75) is 12.6 Å². The van der Waals surface area contributed by atoms with Gasteiger partial charge in [-0.05, 0) is 28.5 Å². The molecule has 0 saturated heterocycles. The van der Waals surface area contributed by atoms with E-state index in [1.807, 2.05) is 36.4 Å². The van der Waals surface area contributed by atoms with Gasteiger partial charge in [0.2, 0.25) is 0 Å². The zero-order chi connectivity index (χ0) is 17.6. The van der Waals surface area contributed by atoms with Crippen molar-refractivity contribution in [2.75, 3.05) is 13.7 Å². The molecule has 0 unspecified atom stereocenters. The first-order valence-corrected chi connectivity index (χ1v) is 9.13. The van der Waals surface area contributed by atoms with Gasteiger partial charge in [0.1, 0.15) is 6.10 Å². The van der Waals surface area contributed by atoms with Crippen LogP contribution in [-0.4, -0.2) is 19.7 Å². The van der Waals surface area contributed by atoms with Crippen LogP contribution in [0.3, 0.4) is 0 Å². The Bertz CT molecular complexity index is 860. The number of nitrogens with one attached hydrogen (secondary N) is 2. The quantitative estimate of drug-likeness (QED) is 0.654. The van der Waals surface area contributed by atoms with Crippen LogP contribution in [0, 0.1) is 0 Å². The summed E-state index contributed by atoms with van der Waals surface area (Å²) < 4.78 is 6.14.